The van der Waals surface area contributed by atoms with Gasteiger partial charge in [0.25, 0.3) is 0 Å². The molecule has 2 aromatic rings. The summed E-state index contributed by atoms with van der Waals surface area (Å²) in [5.41, 5.74) is -0.218. The van der Waals surface area contributed by atoms with Crippen LogP contribution in [0.4, 0.5) is 4.39 Å². The minimum Gasteiger partial charge on any atom is -0.494 e. The van der Waals surface area contributed by atoms with E-state index in [0.717, 1.165) is 43.7 Å². The number of amides is 2. The summed E-state index contributed by atoms with van der Waals surface area (Å²) in [4.78, 5) is 29.7. The molecule has 8 nitrogen and oxygen atoms in total. The fourth-order valence-corrected chi connectivity index (χ4v) is 4.98. The summed E-state index contributed by atoms with van der Waals surface area (Å²) in [6.07, 6.45) is 3.53. The number of hydrogen-bond donors (Lipinski definition) is 1. The monoisotopic (exact) mass is 527 g/mol. The molecule has 0 unspecified atom stereocenters. The second-order valence-electron chi connectivity index (χ2n) is 10.3. The zero-order chi connectivity index (χ0) is 27.0. The van der Waals surface area contributed by atoms with Gasteiger partial charge in [-0.25, -0.2) is 4.39 Å². The maximum absolute atomic E-state index is 13.2. The van der Waals surface area contributed by atoms with Gasteiger partial charge >= 0.3 is 0 Å². The first kappa shape index (κ1) is 27.9. The Balaban J connectivity index is 1.29. The van der Waals surface area contributed by atoms with Crippen molar-refractivity contribution in [3.05, 3.63) is 59.9 Å². The van der Waals surface area contributed by atoms with E-state index in [-0.39, 0.29) is 30.8 Å². The highest BCUT2D eigenvalue weighted by atomic mass is 19.1. The van der Waals surface area contributed by atoms with Crippen LogP contribution >= 0.6 is 0 Å². The van der Waals surface area contributed by atoms with Gasteiger partial charge in [-0.2, -0.15) is 0 Å². The van der Waals surface area contributed by atoms with Crippen LogP contribution in [0.25, 0.3) is 0 Å². The van der Waals surface area contributed by atoms with Gasteiger partial charge in [-0.1, -0.05) is 12.1 Å². The fourth-order valence-electron chi connectivity index (χ4n) is 4.98. The Kier molecular flexibility index (Phi) is 9.58. The zero-order valence-corrected chi connectivity index (χ0v) is 22.1. The molecule has 2 fully saturated rings. The Hall–Kier alpha value is -3.17. The van der Waals surface area contributed by atoms with Gasteiger partial charge in [-0.3, -0.25) is 14.5 Å². The van der Waals surface area contributed by atoms with Crippen molar-refractivity contribution in [2.75, 3.05) is 52.5 Å². The summed E-state index contributed by atoms with van der Waals surface area (Å²) >= 11 is 0. The van der Waals surface area contributed by atoms with Crippen molar-refractivity contribution in [3.8, 4) is 11.5 Å². The first-order chi connectivity index (χ1) is 18.3. The SMILES string of the molecule is CC(=O)N1CCN(Cc2ccc(OCCCN3CCCCC3=O)cc2)C[C@@](O)(COc2ccc(F)cc2)C1. The van der Waals surface area contributed by atoms with Crippen LogP contribution in [-0.4, -0.2) is 89.7 Å². The van der Waals surface area contributed by atoms with Crippen LogP contribution in [0.2, 0.25) is 0 Å². The van der Waals surface area contributed by atoms with Crippen molar-refractivity contribution in [2.24, 2.45) is 0 Å². The van der Waals surface area contributed by atoms with E-state index < -0.39 is 5.60 Å². The van der Waals surface area contributed by atoms with Crippen LogP contribution in [-0.2, 0) is 16.1 Å². The van der Waals surface area contributed by atoms with Gasteiger partial charge in [0.1, 0.15) is 29.5 Å². The van der Waals surface area contributed by atoms with Crippen LogP contribution in [0.3, 0.4) is 0 Å². The molecule has 206 valence electrons. The second kappa shape index (κ2) is 13.1. The molecule has 0 saturated carbocycles. The number of nitrogens with zero attached hydrogens (tertiary/aromatic N) is 3. The summed E-state index contributed by atoms with van der Waals surface area (Å²) in [5.74, 6) is 1.03. The van der Waals surface area contributed by atoms with Gasteiger partial charge in [0.2, 0.25) is 11.8 Å². The fraction of sp³-hybridized carbons (Fsp3) is 0.517. The Morgan fingerprint density at radius 1 is 0.974 bits per heavy atom. The normalized spacial score (nSPS) is 20.8. The Labute approximate surface area is 223 Å². The number of piperidine rings is 1. The Morgan fingerprint density at radius 2 is 1.68 bits per heavy atom. The molecule has 2 amide bonds. The van der Waals surface area contributed by atoms with Crippen LogP contribution in [0.15, 0.2) is 48.5 Å². The van der Waals surface area contributed by atoms with E-state index in [1.54, 1.807) is 4.90 Å². The molecule has 0 bridgehead atoms. The molecular weight excluding hydrogens is 489 g/mol. The van der Waals surface area contributed by atoms with Crippen molar-refractivity contribution in [3.63, 3.8) is 0 Å². The van der Waals surface area contributed by atoms with Crippen LogP contribution < -0.4 is 9.47 Å². The molecule has 2 aliphatic heterocycles. The number of hydrogen-bond acceptors (Lipinski definition) is 6. The predicted molar refractivity (Wildman–Crippen MR) is 141 cm³/mol. The van der Waals surface area contributed by atoms with Gasteiger partial charge in [0.15, 0.2) is 0 Å². The zero-order valence-electron chi connectivity index (χ0n) is 22.1. The van der Waals surface area contributed by atoms with Gasteiger partial charge < -0.3 is 24.4 Å². The maximum Gasteiger partial charge on any atom is 0.222 e. The number of β-amino-alcohol motifs (C(OH)–C–C–N with tert-alkyl or cyclic N) is 1. The van der Waals surface area contributed by atoms with E-state index >= 15 is 0 Å². The average molecular weight is 528 g/mol. The first-order valence-electron chi connectivity index (χ1n) is 13.4. The molecule has 2 heterocycles. The lowest BCUT2D eigenvalue weighted by Gasteiger charge is -2.32. The number of benzene rings is 2. The minimum absolute atomic E-state index is 0.0191. The number of carbonyl (C=O) groups is 2. The second-order valence-corrected chi connectivity index (χ2v) is 10.3. The van der Waals surface area contributed by atoms with Crippen molar-refractivity contribution >= 4 is 11.8 Å². The molecular formula is C29H38FN3O5. The molecule has 0 spiro atoms. The quantitative estimate of drug-likeness (QED) is 0.479. The van der Waals surface area contributed by atoms with Crippen LogP contribution in [0.5, 0.6) is 11.5 Å². The summed E-state index contributed by atoms with van der Waals surface area (Å²) < 4.78 is 24.9. The Morgan fingerprint density at radius 3 is 2.39 bits per heavy atom. The first-order valence-corrected chi connectivity index (χ1v) is 13.4. The molecule has 9 heteroatoms. The van der Waals surface area contributed by atoms with E-state index in [1.807, 2.05) is 29.2 Å². The number of rotatable bonds is 10. The third-order valence-electron chi connectivity index (χ3n) is 7.05. The van der Waals surface area contributed by atoms with E-state index in [4.69, 9.17) is 9.47 Å². The smallest absolute Gasteiger partial charge is 0.222 e. The number of ether oxygens (including phenoxy) is 2. The summed E-state index contributed by atoms with van der Waals surface area (Å²) in [5, 5.41) is 11.4. The average Bonchev–Trinajstić information content (AvgIpc) is 3.07. The number of likely N-dealkylation sites (tertiary alicyclic amines) is 1. The Bertz CT molecular complexity index is 1060. The lowest BCUT2D eigenvalue weighted by Crippen LogP contribution is -2.51. The van der Waals surface area contributed by atoms with E-state index in [1.165, 1.54) is 31.2 Å². The van der Waals surface area contributed by atoms with E-state index in [9.17, 15) is 19.1 Å². The van der Waals surface area contributed by atoms with Crippen molar-refractivity contribution in [1.82, 2.24) is 14.7 Å². The van der Waals surface area contributed by atoms with E-state index in [0.29, 0.717) is 45.0 Å². The molecule has 38 heavy (non-hydrogen) atoms. The number of halogens is 1. The number of carbonyl (C=O) groups excluding carboxylic acids is 2. The lowest BCUT2D eigenvalue weighted by atomic mass is 10.0. The van der Waals surface area contributed by atoms with Crippen molar-refractivity contribution in [2.45, 2.75) is 44.8 Å². The molecule has 0 aromatic heterocycles. The number of aliphatic hydroxyl groups is 1. The molecule has 4 rings (SSSR count). The van der Waals surface area contributed by atoms with Crippen LogP contribution in [0.1, 0.15) is 38.2 Å². The third kappa shape index (κ3) is 8.16. The topological polar surface area (TPSA) is 82.6 Å². The summed E-state index contributed by atoms with van der Waals surface area (Å²) in [7, 11) is 0. The van der Waals surface area contributed by atoms with Gasteiger partial charge in [-0.05, 0) is 61.2 Å². The molecule has 2 aliphatic rings. The molecule has 0 aliphatic carbocycles. The third-order valence-corrected chi connectivity index (χ3v) is 7.05. The van der Waals surface area contributed by atoms with Crippen molar-refractivity contribution < 1.29 is 28.6 Å². The van der Waals surface area contributed by atoms with Crippen molar-refractivity contribution in [1.29, 1.82) is 0 Å². The summed E-state index contributed by atoms with van der Waals surface area (Å²) in [6.45, 7) is 5.83. The van der Waals surface area contributed by atoms with Gasteiger partial charge in [-0.15, -0.1) is 0 Å². The van der Waals surface area contributed by atoms with Gasteiger partial charge in [0, 0.05) is 52.6 Å². The molecule has 2 saturated heterocycles. The van der Waals surface area contributed by atoms with E-state index in [2.05, 4.69) is 4.90 Å². The standard InChI is InChI=1S/C29H38FN3O5/c1-23(34)33-17-16-31(20-29(36,21-33)22-38-27-12-8-25(30)9-13-27)19-24-6-10-26(11-7-24)37-18-4-15-32-14-3-2-5-28(32)35/h6-13,36H,2-5,14-22H2,1H3/t29-/m0/s1. The molecule has 1 N–H and O–H groups in total. The molecule has 1 atom stereocenters. The highest BCUT2D eigenvalue weighted by Gasteiger charge is 2.37. The molecule has 0 radical (unpaired) electrons. The molecule has 2 aromatic carbocycles. The predicted octanol–water partition coefficient (Wildman–Crippen LogP) is 3.08. The largest absolute Gasteiger partial charge is 0.494 e. The summed E-state index contributed by atoms with van der Waals surface area (Å²) in [6, 6.07) is 13.5. The van der Waals surface area contributed by atoms with Gasteiger partial charge in [0.05, 0.1) is 13.2 Å². The minimum atomic E-state index is -1.28. The maximum atomic E-state index is 13.2. The highest BCUT2D eigenvalue weighted by Crippen LogP contribution is 2.21. The highest BCUT2D eigenvalue weighted by molar-refractivity contribution is 5.76. The van der Waals surface area contributed by atoms with Crippen LogP contribution in [0, 0.1) is 5.82 Å². The lowest BCUT2D eigenvalue weighted by molar-refractivity contribution is -0.133.